The summed E-state index contributed by atoms with van der Waals surface area (Å²) in [4.78, 5) is 12.4. The third-order valence-electron chi connectivity index (χ3n) is 1.25. The minimum absolute atomic E-state index is 0.113. The van der Waals surface area contributed by atoms with Crippen LogP contribution >= 0.6 is 0 Å². The van der Waals surface area contributed by atoms with E-state index in [9.17, 15) is 4.79 Å². The Balaban J connectivity index is -0.000000218. The molecule has 0 spiro atoms. The maximum atomic E-state index is 10.8. The fourth-order valence-electron chi connectivity index (χ4n) is 0.450. The van der Waals surface area contributed by atoms with Gasteiger partial charge in [-0.1, -0.05) is 41.2 Å². The summed E-state index contributed by atoms with van der Waals surface area (Å²) in [5.74, 6) is 0.113. The van der Waals surface area contributed by atoms with Gasteiger partial charge in [0.2, 0.25) is 5.91 Å². The second kappa shape index (κ2) is 13.8. The summed E-state index contributed by atoms with van der Waals surface area (Å²) in [7, 11) is 1.73. The standard InChI is InChI=1S/C7H13NO.2C2H6/c1-5-7(9)8(4)6(2)3;2*1-2/h2,5H2,1,3-4H3;2*1-2H3. The molecule has 0 N–H and O–H groups in total. The van der Waals surface area contributed by atoms with Crippen LogP contribution in [0.25, 0.3) is 0 Å². The van der Waals surface area contributed by atoms with Gasteiger partial charge in [-0.05, 0) is 6.92 Å². The molecule has 2 nitrogen and oxygen atoms in total. The first-order chi connectivity index (χ1) is 6.09. The van der Waals surface area contributed by atoms with E-state index in [1.807, 2.05) is 41.5 Å². The topological polar surface area (TPSA) is 20.3 Å². The Hall–Kier alpha value is -0.790. The lowest BCUT2D eigenvalue weighted by molar-refractivity contribution is -0.127. The Kier molecular flexibility index (Phi) is 19.2. The van der Waals surface area contributed by atoms with Gasteiger partial charge in [0.05, 0.1) is 0 Å². The number of hydrogen-bond acceptors (Lipinski definition) is 1. The Morgan fingerprint density at radius 2 is 1.54 bits per heavy atom. The summed E-state index contributed by atoms with van der Waals surface area (Å²) >= 11 is 0. The molecule has 0 aliphatic heterocycles. The van der Waals surface area contributed by atoms with Gasteiger partial charge in [0.1, 0.15) is 0 Å². The zero-order valence-electron chi connectivity index (χ0n) is 10.3. The van der Waals surface area contributed by atoms with Crippen LogP contribution < -0.4 is 0 Å². The van der Waals surface area contributed by atoms with Gasteiger partial charge in [0.25, 0.3) is 0 Å². The number of allylic oxidation sites excluding steroid dienone is 1. The maximum absolute atomic E-state index is 10.8. The summed E-state index contributed by atoms with van der Waals surface area (Å²) in [6.07, 6.45) is 0.545. The van der Waals surface area contributed by atoms with Crippen molar-refractivity contribution in [3.05, 3.63) is 12.3 Å². The Labute approximate surface area is 83.6 Å². The van der Waals surface area contributed by atoms with Crippen LogP contribution in [0.2, 0.25) is 0 Å². The lowest BCUT2D eigenvalue weighted by Gasteiger charge is -2.14. The van der Waals surface area contributed by atoms with Crippen LogP contribution in [0.3, 0.4) is 0 Å². The van der Waals surface area contributed by atoms with Crippen molar-refractivity contribution < 1.29 is 4.79 Å². The highest BCUT2D eigenvalue weighted by molar-refractivity contribution is 5.77. The molecule has 0 radical (unpaired) electrons. The number of carbonyl (C=O) groups is 1. The second-order valence-corrected chi connectivity index (χ2v) is 2.04. The maximum Gasteiger partial charge on any atom is 0.226 e. The van der Waals surface area contributed by atoms with Gasteiger partial charge in [-0.2, -0.15) is 0 Å². The highest BCUT2D eigenvalue weighted by atomic mass is 16.2. The summed E-state index contributed by atoms with van der Waals surface area (Å²) in [5.41, 5.74) is 0.793. The van der Waals surface area contributed by atoms with Crippen LogP contribution in [0.4, 0.5) is 0 Å². The smallest absolute Gasteiger partial charge is 0.226 e. The molecule has 0 unspecified atom stereocenters. The summed E-state index contributed by atoms with van der Waals surface area (Å²) in [5, 5.41) is 0. The summed E-state index contributed by atoms with van der Waals surface area (Å²) in [6, 6.07) is 0. The van der Waals surface area contributed by atoms with Crippen molar-refractivity contribution in [2.24, 2.45) is 0 Å². The average Bonchev–Trinajstić information content (AvgIpc) is 2.21. The average molecular weight is 187 g/mol. The molecule has 0 rings (SSSR count). The number of amides is 1. The van der Waals surface area contributed by atoms with Crippen molar-refractivity contribution in [1.82, 2.24) is 4.90 Å². The molecule has 0 aromatic heterocycles. The first-order valence-corrected chi connectivity index (χ1v) is 5.01. The first-order valence-electron chi connectivity index (χ1n) is 5.01. The van der Waals surface area contributed by atoms with Crippen LogP contribution in [0.15, 0.2) is 12.3 Å². The number of hydrogen-bond donors (Lipinski definition) is 0. The molecular formula is C11H25NO. The van der Waals surface area contributed by atoms with Crippen molar-refractivity contribution in [2.75, 3.05) is 7.05 Å². The molecule has 2 heteroatoms. The van der Waals surface area contributed by atoms with Crippen molar-refractivity contribution in [3.8, 4) is 0 Å². The lowest BCUT2D eigenvalue weighted by Crippen LogP contribution is -2.22. The van der Waals surface area contributed by atoms with Crippen molar-refractivity contribution in [2.45, 2.75) is 48.0 Å². The molecule has 0 aromatic rings. The minimum Gasteiger partial charge on any atom is -0.320 e. The van der Waals surface area contributed by atoms with E-state index in [-0.39, 0.29) is 5.91 Å². The van der Waals surface area contributed by atoms with Crippen molar-refractivity contribution >= 4 is 5.91 Å². The molecule has 0 heterocycles. The number of carbonyl (C=O) groups excluding carboxylic acids is 1. The molecular weight excluding hydrogens is 162 g/mol. The molecule has 80 valence electrons. The molecule has 0 fully saturated rings. The third kappa shape index (κ3) is 11.2. The predicted molar refractivity (Wildman–Crippen MR) is 60.6 cm³/mol. The Morgan fingerprint density at radius 1 is 1.23 bits per heavy atom. The highest BCUT2D eigenvalue weighted by Gasteiger charge is 2.03. The zero-order chi connectivity index (χ0) is 11.4. The second-order valence-electron chi connectivity index (χ2n) is 2.04. The molecule has 1 amide bonds. The highest BCUT2D eigenvalue weighted by Crippen LogP contribution is 1.97. The Morgan fingerprint density at radius 3 is 1.62 bits per heavy atom. The fourth-order valence-corrected chi connectivity index (χ4v) is 0.450. The van der Waals surface area contributed by atoms with Crippen LogP contribution in [0, 0.1) is 0 Å². The normalized spacial score (nSPS) is 7.00. The minimum atomic E-state index is 0.113. The summed E-state index contributed by atoms with van der Waals surface area (Å²) in [6.45, 7) is 15.3. The van der Waals surface area contributed by atoms with Crippen LogP contribution in [0.5, 0.6) is 0 Å². The SMILES string of the molecule is C=C(C)N(C)C(=O)CC.CC.CC. The third-order valence-corrected chi connectivity index (χ3v) is 1.25. The van der Waals surface area contributed by atoms with E-state index in [4.69, 9.17) is 0 Å². The summed E-state index contributed by atoms with van der Waals surface area (Å²) < 4.78 is 0. The quantitative estimate of drug-likeness (QED) is 0.648. The molecule has 0 saturated carbocycles. The lowest BCUT2D eigenvalue weighted by atomic mass is 10.4. The van der Waals surface area contributed by atoms with E-state index >= 15 is 0 Å². The van der Waals surface area contributed by atoms with Gasteiger partial charge in [-0.3, -0.25) is 4.79 Å². The van der Waals surface area contributed by atoms with Gasteiger partial charge in [0.15, 0.2) is 0 Å². The first kappa shape index (κ1) is 18.1. The zero-order valence-corrected chi connectivity index (χ0v) is 10.3. The van der Waals surface area contributed by atoms with Crippen molar-refractivity contribution in [3.63, 3.8) is 0 Å². The van der Waals surface area contributed by atoms with E-state index in [1.165, 1.54) is 0 Å². The predicted octanol–water partition coefficient (Wildman–Crippen LogP) is 3.44. The molecule has 0 aromatic carbocycles. The van der Waals surface area contributed by atoms with Gasteiger partial charge in [-0.25, -0.2) is 0 Å². The number of rotatable bonds is 2. The molecule has 0 bridgehead atoms. The largest absolute Gasteiger partial charge is 0.320 e. The van der Waals surface area contributed by atoms with E-state index in [0.717, 1.165) is 5.70 Å². The van der Waals surface area contributed by atoms with E-state index in [2.05, 4.69) is 6.58 Å². The van der Waals surface area contributed by atoms with E-state index < -0.39 is 0 Å². The number of nitrogens with zero attached hydrogens (tertiary/aromatic N) is 1. The van der Waals surface area contributed by atoms with Gasteiger partial charge in [0, 0.05) is 19.2 Å². The van der Waals surface area contributed by atoms with Crippen LogP contribution in [-0.4, -0.2) is 17.9 Å². The molecule has 0 atom stereocenters. The molecule has 13 heavy (non-hydrogen) atoms. The van der Waals surface area contributed by atoms with Crippen LogP contribution in [-0.2, 0) is 4.79 Å². The fraction of sp³-hybridized carbons (Fsp3) is 0.727. The van der Waals surface area contributed by atoms with Gasteiger partial charge in [-0.15, -0.1) is 0 Å². The monoisotopic (exact) mass is 187 g/mol. The Bertz CT molecular complexity index is 130. The van der Waals surface area contributed by atoms with Crippen LogP contribution in [0.1, 0.15) is 48.0 Å². The van der Waals surface area contributed by atoms with Gasteiger partial charge >= 0.3 is 0 Å². The molecule has 0 aliphatic carbocycles. The molecule has 0 aliphatic rings. The molecule has 0 saturated heterocycles. The van der Waals surface area contributed by atoms with E-state index in [0.29, 0.717) is 6.42 Å². The van der Waals surface area contributed by atoms with Gasteiger partial charge < -0.3 is 4.90 Å². The van der Waals surface area contributed by atoms with Crippen molar-refractivity contribution in [1.29, 1.82) is 0 Å². The van der Waals surface area contributed by atoms with E-state index in [1.54, 1.807) is 11.9 Å².